The lowest BCUT2D eigenvalue weighted by molar-refractivity contribution is 0.0438. The molecule has 0 amide bonds. The Balaban J connectivity index is 1.96. The van der Waals surface area contributed by atoms with Gasteiger partial charge in [0, 0.05) is 31.3 Å². The van der Waals surface area contributed by atoms with Crippen molar-refractivity contribution in [1.29, 1.82) is 5.26 Å². The van der Waals surface area contributed by atoms with Crippen LogP contribution in [0.2, 0.25) is 0 Å². The van der Waals surface area contributed by atoms with Gasteiger partial charge in [-0.1, -0.05) is 0 Å². The van der Waals surface area contributed by atoms with E-state index in [1.165, 1.54) is 7.11 Å². The average molecular weight is 340 g/mol. The van der Waals surface area contributed by atoms with Crippen LogP contribution in [0.5, 0.6) is 5.75 Å². The predicted octanol–water partition coefficient (Wildman–Crippen LogP) is 3.39. The Morgan fingerprint density at radius 1 is 1.36 bits per heavy atom. The number of aromatic nitrogens is 1. The van der Waals surface area contributed by atoms with E-state index in [9.17, 15) is 10.1 Å². The molecule has 0 N–H and O–H groups in total. The van der Waals surface area contributed by atoms with Crippen LogP contribution < -0.4 is 4.74 Å². The summed E-state index contributed by atoms with van der Waals surface area (Å²) in [4.78, 5) is 12.1. The highest BCUT2D eigenvalue weighted by Crippen LogP contribution is 2.42. The third kappa shape index (κ3) is 3.67. The van der Waals surface area contributed by atoms with Crippen molar-refractivity contribution in [1.82, 2.24) is 4.57 Å². The van der Waals surface area contributed by atoms with Gasteiger partial charge in [0.15, 0.2) is 6.79 Å². The highest BCUT2D eigenvalue weighted by molar-refractivity contribution is 5.92. The maximum Gasteiger partial charge on any atom is 0.341 e. The molecular formula is C19H20N2O4. The maximum absolute atomic E-state index is 12.1. The number of nitrogens with zero attached hydrogens (tertiary/aromatic N) is 2. The fourth-order valence-corrected chi connectivity index (χ4v) is 2.72. The van der Waals surface area contributed by atoms with E-state index in [1.54, 1.807) is 19.1 Å². The Bertz CT molecular complexity index is 815. The van der Waals surface area contributed by atoms with Gasteiger partial charge in [0.25, 0.3) is 0 Å². The SMILES string of the molecule is CCOC(=O)c1ccc(-n2cc(C#N)c(C3CC3)c2)cc1OCOC. The Hall–Kier alpha value is -2.78. The van der Waals surface area contributed by atoms with E-state index in [0.29, 0.717) is 22.8 Å². The van der Waals surface area contributed by atoms with Crippen molar-refractivity contribution >= 4 is 5.97 Å². The molecule has 0 radical (unpaired) electrons. The monoisotopic (exact) mass is 340 g/mol. The first-order valence-electron chi connectivity index (χ1n) is 8.23. The number of rotatable bonds is 7. The van der Waals surface area contributed by atoms with Gasteiger partial charge in [-0.25, -0.2) is 4.79 Å². The van der Waals surface area contributed by atoms with Gasteiger partial charge in [-0.15, -0.1) is 0 Å². The van der Waals surface area contributed by atoms with Gasteiger partial charge in [-0.2, -0.15) is 5.26 Å². The first kappa shape index (κ1) is 17.1. The van der Waals surface area contributed by atoms with Crippen LogP contribution in [-0.4, -0.2) is 31.0 Å². The second kappa shape index (κ2) is 7.41. The molecule has 0 aliphatic heterocycles. The number of esters is 1. The molecule has 0 bridgehead atoms. The van der Waals surface area contributed by atoms with Gasteiger partial charge in [0.2, 0.25) is 0 Å². The van der Waals surface area contributed by atoms with Crippen LogP contribution in [0.4, 0.5) is 0 Å². The molecule has 0 spiro atoms. The lowest BCUT2D eigenvalue weighted by Gasteiger charge is -2.12. The van der Waals surface area contributed by atoms with Gasteiger partial charge in [-0.05, 0) is 43.4 Å². The lowest BCUT2D eigenvalue weighted by atomic mass is 10.1. The van der Waals surface area contributed by atoms with E-state index < -0.39 is 5.97 Å². The van der Waals surface area contributed by atoms with Crippen LogP contribution in [0.15, 0.2) is 30.6 Å². The van der Waals surface area contributed by atoms with Gasteiger partial charge in [0.1, 0.15) is 17.4 Å². The zero-order valence-corrected chi connectivity index (χ0v) is 14.3. The lowest BCUT2D eigenvalue weighted by Crippen LogP contribution is -2.10. The third-order valence-electron chi connectivity index (χ3n) is 4.09. The minimum absolute atomic E-state index is 0.0261. The van der Waals surface area contributed by atoms with Crippen LogP contribution in [0.25, 0.3) is 5.69 Å². The molecule has 1 aromatic heterocycles. The number of methoxy groups -OCH3 is 1. The number of nitriles is 1. The second-order valence-electron chi connectivity index (χ2n) is 5.87. The van der Waals surface area contributed by atoms with Crippen LogP contribution in [-0.2, 0) is 9.47 Å². The van der Waals surface area contributed by atoms with Crippen LogP contribution in [0.3, 0.4) is 0 Å². The molecule has 3 rings (SSSR count). The summed E-state index contributed by atoms with van der Waals surface area (Å²) in [6.07, 6.45) is 6.05. The molecule has 25 heavy (non-hydrogen) atoms. The van der Waals surface area contributed by atoms with Gasteiger partial charge in [0.05, 0.1) is 12.2 Å². The molecule has 6 nitrogen and oxygen atoms in total. The van der Waals surface area contributed by atoms with E-state index in [-0.39, 0.29) is 13.4 Å². The van der Waals surface area contributed by atoms with E-state index in [2.05, 4.69) is 6.07 Å². The molecule has 2 aromatic rings. The molecular weight excluding hydrogens is 320 g/mol. The summed E-state index contributed by atoms with van der Waals surface area (Å²) < 4.78 is 17.4. The van der Waals surface area contributed by atoms with Crippen molar-refractivity contribution < 1.29 is 19.0 Å². The second-order valence-corrected chi connectivity index (χ2v) is 5.87. The molecule has 1 aliphatic rings. The zero-order chi connectivity index (χ0) is 17.8. The topological polar surface area (TPSA) is 73.5 Å². The largest absolute Gasteiger partial charge is 0.467 e. The molecule has 1 aliphatic carbocycles. The van der Waals surface area contributed by atoms with Crippen molar-refractivity contribution in [3.8, 4) is 17.5 Å². The van der Waals surface area contributed by atoms with Crippen molar-refractivity contribution in [3.63, 3.8) is 0 Å². The Labute approximate surface area is 146 Å². The van der Waals surface area contributed by atoms with Gasteiger partial charge >= 0.3 is 5.97 Å². The summed E-state index contributed by atoms with van der Waals surface area (Å²) in [6.45, 7) is 2.07. The fraction of sp³-hybridized carbons (Fsp3) is 0.368. The van der Waals surface area contributed by atoms with Crippen LogP contribution in [0.1, 0.15) is 47.2 Å². The van der Waals surface area contributed by atoms with E-state index in [0.717, 1.165) is 24.1 Å². The Morgan fingerprint density at radius 3 is 2.80 bits per heavy atom. The minimum Gasteiger partial charge on any atom is -0.467 e. The number of benzene rings is 1. The first-order valence-corrected chi connectivity index (χ1v) is 8.23. The summed E-state index contributed by atoms with van der Waals surface area (Å²) in [5.74, 6) is 0.431. The molecule has 1 heterocycles. The minimum atomic E-state index is -0.441. The van der Waals surface area contributed by atoms with Gasteiger partial charge < -0.3 is 18.8 Å². The van der Waals surface area contributed by atoms with Crippen molar-refractivity contribution in [2.75, 3.05) is 20.5 Å². The molecule has 1 saturated carbocycles. The standard InChI is InChI=1S/C19H20N2O4/c1-3-24-19(22)16-7-6-15(8-18(16)25-12-23-2)21-10-14(9-20)17(11-21)13-4-5-13/h6-8,10-11,13H,3-5,12H2,1-2H3. The quantitative estimate of drug-likeness (QED) is 0.570. The van der Waals surface area contributed by atoms with E-state index in [4.69, 9.17) is 14.2 Å². The van der Waals surface area contributed by atoms with Crippen molar-refractivity contribution in [2.45, 2.75) is 25.7 Å². The highest BCUT2D eigenvalue weighted by atomic mass is 16.7. The molecule has 130 valence electrons. The van der Waals surface area contributed by atoms with Crippen LogP contribution >= 0.6 is 0 Å². The summed E-state index contributed by atoms with van der Waals surface area (Å²) >= 11 is 0. The van der Waals surface area contributed by atoms with Crippen molar-refractivity contribution in [2.24, 2.45) is 0 Å². The van der Waals surface area contributed by atoms with Crippen LogP contribution in [0, 0.1) is 11.3 Å². The molecule has 1 fully saturated rings. The van der Waals surface area contributed by atoms with Crippen molar-refractivity contribution in [3.05, 3.63) is 47.3 Å². The maximum atomic E-state index is 12.1. The highest BCUT2D eigenvalue weighted by Gasteiger charge is 2.27. The molecule has 0 unspecified atom stereocenters. The third-order valence-corrected chi connectivity index (χ3v) is 4.09. The first-order chi connectivity index (χ1) is 12.2. The molecule has 6 heteroatoms. The Kier molecular flexibility index (Phi) is 5.05. The molecule has 0 saturated heterocycles. The number of hydrogen-bond donors (Lipinski definition) is 0. The number of hydrogen-bond acceptors (Lipinski definition) is 5. The molecule has 0 atom stereocenters. The average Bonchev–Trinajstić information content (AvgIpc) is 3.38. The van der Waals surface area contributed by atoms with E-state index in [1.807, 2.05) is 23.0 Å². The summed E-state index contributed by atoms with van der Waals surface area (Å²) in [6, 6.07) is 7.49. The molecule has 1 aromatic carbocycles. The number of carbonyl (C=O) groups excluding carboxylic acids is 1. The summed E-state index contributed by atoms with van der Waals surface area (Å²) in [7, 11) is 1.51. The fourth-order valence-electron chi connectivity index (χ4n) is 2.72. The Morgan fingerprint density at radius 2 is 2.16 bits per heavy atom. The van der Waals surface area contributed by atoms with Gasteiger partial charge in [-0.3, -0.25) is 0 Å². The smallest absolute Gasteiger partial charge is 0.341 e. The zero-order valence-electron chi connectivity index (χ0n) is 14.3. The number of carbonyl (C=O) groups is 1. The summed E-state index contributed by atoms with van der Waals surface area (Å²) in [5.41, 5.74) is 2.92. The normalized spacial score (nSPS) is 13.3. The summed E-state index contributed by atoms with van der Waals surface area (Å²) in [5, 5.41) is 9.34. The predicted molar refractivity (Wildman–Crippen MR) is 90.9 cm³/mol. The number of ether oxygens (including phenoxy) is 3. The van der Waals surface area contributed by atoms with E-state index >= 15 is 0 Å².